The minimum absolute atomic E-state index is 0.0937. The van der Waals surface area contributed by atoms with Crippen molar-refractivity contribution < 1.29 is 21.8 Å². The van der Waals surface area contributed by atoms with Crippen LogP contribution in [0.3, 0.4) is 0 Å². The van der Waals surface area contributed by atoms with Crippen LogP contribution in [-0.4, -0.2) is 14.2 Å². The molecule has 0 aliphatic rings. The summed E-state index contributed by atoms with van der Waals surface area (Å²) in [4.78, 5) is 11.2. The predicted octanol–water partition coefficient (Wildman–Crippen LogP) is 4.21. The Kier molecular flexibility index (Phi) is 4.89. The molecule has 0 fully saturated rings. The van der Waals surface area contributed by atoms with Gasteiger partial charge in [-0.05, 0) is 43.3 Å². The van der Waals surface area contributed by atoms with Crippen molar-refractivity contribution in [2.45, 2.75) is 11.8 Å². The summed E-state index contributed by atoms with van der Waals surface area (Å²) in [6.45, 7) is 1.28. The van der Waals surface area contributed by atoms with Gasteiger partial charge in [0.05, 0.1) is 10.6 Å². The van der Waals surface area contributed by atoms with E-state index in [1.165, 1.54) is 25.1 Å². The van der Waals surface area contributed by atoms with E-state index in [2.05, 4.69) is 15.9 Å². The predicted molar refractivity (Wildman–Crippen MR) is 83.4 cm³/mol. The zero-order valence-corrected chi connectivity index (χ0v) is 14.3. The largest absolute Gasteiger partial charge is 0.378 e. The zero-order valence-electron chi connectivity index (χ0n) is 11.1. The van der Waals surface area contributed by atoms with Crippen LogP contribution in [0, 0.1) is 5.82 Å². The SMILES string of the molecule is CC(=O)c1cc(Br)ccc1OS(=O)(=O)c1ccc(F)cc1Cl. The van der Waals surface area contributed by atoms with Gasteiger partial charge < -0.3 is 4.18 Å². The summed E-state index contributed by atoms with van der Waals surface area (Å²) in [5.41, 5.74) is 0.0937. The van der Waals surface area contributed by atoms with Crippen molar-refractivity contribution >= 4 is 43.4 Å². The van der Waals surface area contributed by atoms with Crippen LogP contribution in [0.1, 0.15) is 17.3 Å². The molecular formula is C14H9BrClFO4S. The van der Waals surface area contributed by atoms with Gasteiger partial charge in [0, 0.05) is 4.47 Å². The van der Waals surface area contributed by atoms with Crippen LogP contribution in [0.2, 0.25) is 5.02 Å². The van der Waals surface area contributed by atoms with Crippen LogP contribution >= 0.6 is 27.5 Å². The summed E-state index contributed by atoms with van der Waals surface area (Å²) in [7, 11) is -4.30. The monoisotopic (exact) mass is 406 g/mol. The van der Waals surface area contributed by atoms with Crippen molar-refractivity contribution in [1.82, 2.24) is 0 Å². The Hall–Kier alpha value is -1.44. The molecule has 0 aliphatic heterocycles. The van der Waals surface area contributed by atoms with Gasteiger partial charge >= 0.3 is 10.1 Å². The third-order valence-corrected chi connectivity index (χ3v) is 4.90. The first kappa shape index (κ1) is 16.9. The molecule has 0 unspecified atom stereocenters. The van der Waals surface area contributed by atoms with Gasteiger partial charge in [-0.1, -0.05) is 27.5 Å². The van der Waals surface area contributed by atoms with E-state index in [0.29, 0.717) is 4.47 Å². The van der Waals surface area contributed by atoms with Crippen LogP contribution in [0.15, 0.2) is 45.8 Å². The lowest BCUT2D eigenvalue weighted by atomic mass is 10.1. The Morgan fingerprint density at radius 1 is 1.23 bits per heavy atom. The van der Waals surface area contributed by atoms with E-state index >= 15 is 0 Å². The maximum atomic E-state index is 13.0. The van der Waals surface area contributed by atoms with Crippen molar-refractivity contribution in [2.24, 2.45) is 0 Å². The Morgan fingerprint density at radius 2 is 1.91 bits per heavy atom. The van der Waals surface area contributed by atoms with Gasteiger partial charge in [-0.2, -0.15) is 8.42 Å². The molecule has 0 saturated heterocycles. The molecule has 2 rings (SSSR count). The standard InChI is InChI=1S/C14H9BrClFO4S/c1-8(18)11-6-9(15)2-4-13(11)21-22(19,20)14-5-3-10(17)7-12(14)16/h2-7H,1H3. The molecule has 2 aromatic rings. The molecule has 0 heterocycles. The van der Waals surface area contributed by atoms with Crippen molar-refractivity contribution in [2.75, 3.05) is 0 Å². The molecule has 2 aromatic carbocycles. The van der Waals surface area contributed by atoms with Crippen LogP contribution in [0.4, 0.5) is 4.39 Å². The van der Waals surface area contributed by atoms with Gasteiger partial charge in [0.1, 0.15) is 10.7 Å². The molecular weight excluding hydrogens is 399 g/mol. The highest BCUT2D eigenvalue weighted by atomic mass is 79.9. The Morgan fingerprint density at radius 3 is 2.50 bits per heavy atom. The van der Waals surface area contributed by atoms with Gasteiger partial charge in [0.2, 0.25) is 0 Å². The molecule has 0 spiro atoms. The summed E-state index contributed by atoms with van der Waals surface area (Å²) in [6, 6.07) is 7.14. The highest BCUT2D eigenvalue weighted by Gasteiger charge is 2.23. The molecule has 0 amide bonds. The fourth-order valence-corrected chi connectivity index (χ4v) is 3.51. The maximum Gasteiger partial charge on any atom is 0.340 e. The van der Waals surface area contributed by atoms with Crippen molar-refractivity contribution in [3.8, 4) is 5.75 Å². The molecule has 0 N–H and O–H groups in total. The van der Waals surface area contributed by atoms with Gasteiger partial charge in [0.15, 0.2) is 11.5 Å². The van der Waals surface area contributed by atoms with Crippen molar-refractivity contribution in [3.05, 3.63) is 57.3 Å². The third kappa shape index (κ3) is 3.66. The first-order valence-electron chi connectivity index (χ1n) is 5.91. The summed E-state index contributed by atoms with van der Waals surface area (Å²) in [5, 5.41) is -0.304. The van der Waals surface area contributed by atoms with E-state index < -0.39 is 15.9 Å². The van der Waals surface area contributed by atoms with E-state index in [4.69, 9.17) is 15.8 Å². The second-order valence-corrected chi connectivity index (χ2v) is 7.15. The van der Waals surface area contributed by atoms with Crippen LogP contribution in [-0.2, 0) is 10.1 Å². The summed E-state index contributed by atoms with van der Waals surface area (Å²) in [5.74, 6) is -1.16. The van der Waals surface area contributed by atoms with Crippen LogP contribution in [0.25, 0.3) is 0 Å². The first-order chi connectivity index (χ1) is 10.2. The molecule has 0 aliphatic carbocycles. The number of carbonyl (C=O) groups is 1. The van der Waals surface area contributed by atoms with Crippen LogP contribution < -0.4 is 4.18 Å². The number of rotatable bonds is 4. The number of carbonyl (C=O) groups excluding carboxylic acids is 1. The molecule has 116 valence electrons. The van der Waals surface area contributed by atoms with Crippen LogP contribution in [0.5, 0.6) is 5.75 Å². The molecule has 0 radical (unpaired) electrons. The minimum Gasteiger partial charge on any atom is -0.378 e. The van der Waals surface area contributed by atoms with E-state index in [-0.39, 0.29) is 27.0 Å². The molecule has 0 bridgehead atoms. The summed E-state index contributed by atoms with van der Waals surface area (Å²) < 4.78 is 43.1. The van der Waals surface area contributed by atoms with Crippen molar-refractivity contribution in [1.29, 1.82) is 0 Å². The number of benzene rings is 2. The fourth-order valence-electron chi connectivity index (χ4n) is 1.69. The number of halogens is 3. The Labute approximate surface area is 140 Å². The fraction of sp³-hybridized carbons (Fsp3) is 0.0714. The summed E-state index contributed by atoms with van der Waals surface area (Å²) in [6.07, 6.45) is 0. The van der Waals surface area contributed by atoms with Gasteiger partial charge in [-0.3, -0.25) is 4.79 Å². The molecule has 0 atom stereocenters. The highest BCUT2D eigenvalue weighted by Crippen LogP contribution is 2.29. The molecule has 22 heavy (non-hydrogen) atoms. The molecule has 0 saturated carbocycles. The maximum absolute atomic E-state index is 13.0. The molecule has 4 nitrogen and oxygen atoms in total. The second-order valence-electron chi connectivity index (χ2n) is 4.31. The topological polar surface area (TPSA) is 60.4 Å². The van der Waals surface area contributed by atoms with E-state index in [0.717, 1.165) is 18.2 Å². The highest BCUT2D eigenvalue weighted by molar-refractivity contribution is 9.10. The van der Waals surface area contributed by atoms with Gasteiger partial charge in [0.25, 0.3) is 0 Å². The Bertz CT molecular complexity index is 852. The van der Waals surface area contributed by atoms with E-state index in [1.54, 1.807) is 0 Å². The third-order valence-electron chi connectivity index (χ3n) is 2.68. The van der Waals surface area contributed by atoms with E-state index in [1.807, 2.05) is 0 Å². The quantitative estimate of drug-likeness (QED) is 0.563. The molecule has 8 heteroatoms. The summed E-state index contributed by atoms with van der Waals surface area (Å²) >= 11 is 8.92. The number of hydrogen-bond acceptors (Lipinski definition) is 4. The normalized spacial score (nSPS) is 11.3. The number of ketones is 1. The zero-order chi connectivity index (χ0) is 16.5. The minimum atomic E-state index is -4.30. The number of Topliss-reactive ketones (excluding diaryl/α,β-unsaturated/α-hetero) is 1. The first-order valence-corrected chi connectivity index (χ1v) is 8.48. The van der Waals surface area contributed by atoms with Gasteiger partial charge in [-0.15, -0.1) is 0 Å². The van der Waals surface area contributed by atoms with Crippen molar-refractivity contribution in [3.63, 3.8) is 0 Å². The Balaban J connectivity index is 2.47. The van der Waals surface area contributed by atoms with E-state index in [9.17, 15) is 17.6 Å². The second kappa shape index (κ2) is 6.36. The number of hydrogen-bond donors (Lipinski definition) is 0. The average molecular weight is 408 g/mol. The molecule has 0 aromatic heterocycles. The lowest BCUT2D eigenvalue weighted by Gasteiger charge is -2.11. The average Bonchev–Trinajstić information content (AvgIpc) is 2.39. The van der Waals surface area contributed by atoms with Gasteiger partial charge in [-0.25, -0.2) is 4.39 Å². The lowest BCUT2D eigenvalue weighted by molar-refractivity contribution is 0.101. The lowest BCUT2D eigenvalue weighted by Crippen LogP contribution is -2.12. The smallest absolute Gasteiger partial charge is 0.340 e.